The van der Waals surface area contributed by atoms with Crippen LogP contribution in [0, 0.1) is 17.1 Å². The van der Waals surface area contributed by atoms with Gasteiger partial charge in [-0.05, 0) is 18.2 Å². The first kappa shape index (κ1) is 13.6. The van der Waals surface area contributed by atoms with Crippen LogP contribution in [0.4, 0.5) is 10.1 Å². The molecule has 1 aromatic carbocycles. The lowest BCUT2D eigenvalue weighted by Gasteiger charge is -2.08. The van der Waals surface area contributed by atoms with Gasteiger partial charge in [0.15, 0.2) is 0 Å². The van der Waals surface area contributed by atoms with E-state index in [2.05, 4.69) is 4.74 Å². The molecule has 20 heavy (non-hydrogen) atoms. The van der Waals surface area contributed by atoms with E-state index in [-0.39, 0.29) is 17.8 Å². The van der Waals surface area contributed by atoms with Crippen LogP contribution in [0.25, 0.3) is 0 Å². The van der Waals surface area contributed by atoms with Crippen molar-refractivity contribution < 1.29 is 13.9 Å². The number of carbonyl (C=O) groups excluding carboxylic acids is 1. The van der Waals surface area contributed by atoms with Gasteiger partial charge in [-0.2, -0.15) is 5.26 Å². The number of hydrogen-bond donors (Lipinski definition) is 1. The number of hydrogen-bond acceptors (Lipinski definition) is 4. The molecule has 2 rings (SSSR count). The van der Waals surface area contributed by atoms with Crippen LogP contribution in [0.3, 0.4) is 0 Å². The third-order valence-corrected chi connectivity index (χ3v) is 2.84. The molecule has 0 saturated carbocycles. The molecule has 0 fully saturated rings. The van der Waals surface area contributed by atoms with Crippen LogP contribution < -0.4 is 5.73 Å². The van der Waals surface area contributed by atoms with Crippen molar-refractivity contribution in [2.24, 2.45) is 0 Å². The highest BCUT2D eigenvalue weighted by molar-refractivity contribution is 5.89. The first-order valence-electron chi connectivity index (χ1n) is 5.77. The predicted octanol–water partition coefficient (Wildman–Crippen LogP) is 1.92. The summed E-state index contributed by atoms with van der Waals surface area (Å²) in [7, 11) is 1.26. The molecule has 6 heteroatoms. The van der Waals surface area contributed by atoms with Crippen LogP contribution in [-0.4, -0.2) is 17.6 Å². The van der Waals surface area contributed by atoms with Gasteiger partial charge in [-0.15, -0.1) is 0 Å². The minimum absolute atomic E-state index is 0.124. The number of esters is 1. The maximum Gasteiger partial charge on any atom is 0.354 e. The van der Waals surface area contributed by atoms with Crippen molar-refractivity contribution in [3.05, 3.63) is 53.1 Å². The van der Waals surface area contributed by atoms with E-state index >= 15 is 0 Å². The van der Waals surface area contributed by atoms with Gasteiger partial charge in [0, 0.05) is 11.8 Å². The van der Waals surface area contributed by atoms with E-state index in [0.29, 0.717) is 11.3 Å². The fourth-order valence-electron chi connectivity index (χ4n) is 1.87. The predicted molar refractivity (Wildman–Crippen MR) is 70.4 cm³/mol. The number of nitriles is 1. The molecule has 0 bridgehead atoms. The smallest absolute Gasteiger partial charge is 0.354 e. The van der Waals surface area contributed by atoms with Gasteiger partial charge in [-0.1, -0.05) is 6.07 Å². The summed E-state index contributed by atoms with van der Waals surface area (Å²) in [5, 5.41) is 8.70. The molecule has 1 heterocycles. The van der Waals surface area contributed by atoms with Crippen molar-refractivity contribution in [2.45, 2.75) is 6.54 Å². The fourth-order valence-corrected chi connectivity index (χ4v) is 1.87. The summed E-state index contributed by atoms with van der Waals surface area (Å²) in [6.45, 7) is 0.124. The van der Waals surface area contributed by atoms with E-state index in [1.54, 1.807) is 0 Å². The van der Waals surface area contributed by atoms with Crippen molar-refractivity contribution in [1.29, 1.82) is 5.26 Å². The number of aromatic nitrogens is 1. The number of halogens is 1. The van der Waals surface area contributed by atoms with Crippen molar-refractivity contribution in [2.75, 3.05) is 12.8 Å². The number of nitrogen functional groups attached to an aromatic ring is 1. The second-order valence-corrected chi connectivity index (χ2v) is 4.20. The van der Waals surface area contributed by atoms with Gasteiger partial charge in [0.1, 0.15) is 11.5 Å². The Kier molecular flexibility index (Phi) is 3.71. The van der Waals surface area contributed by atoms with E-state index in [1.165, 1.54) is 36.1 Å². The quantitative estimate of drug-likeness (QED) is 0.866. The van der Waals surface area contributed by atoms with Crippen molar-refractivity contribution in [1.82, 2.24) is 4.57 Å². The molecule has 0 radical (unpaired) electrons. The molecule has 0 aliphatic carbocycles. The maximum atomic E-state index is 13.8. The van der Waals surface area contributed by atoms with Gasteiger partial charge in [-0.3, -0.25) is 0 Å². The molecule has 2 aromatic rings. The first-order chi connectivity index (χ1) is 9.55. The molecule has 0 saturated heterocycles. The standard InChI is InChI=1S/C14H12FN3O2/c1-20-14(19)13-5-11(17)8-18(13)7-10-3-2-9(6-16)4-12(10)15/h2-5,8H,7,17H2,1H3. The molecular weight excluding hydrogens is 261 g/mol. The van der Waals surface area contributed by atoms with Crippen LogP contribution in [0.5, 0.6) is 0 Å². The second-order valence-electron chi connectivity index (χ2n) is 4.20. The summed E-state index contributed by atoms with van der Waals surface area (Å²) in [5.74, 6) is -1.05. The average molecular weight is 273 g/mol. The SMILES string of the molecule is COC(=O)c1cc(N)cn1Cc1ccc(C#N)cc1F. The number of methoxy groups -OCH3 is 1. The zero-order valence-corrected chi connectivity index (χ0v) is 10.8. The third kappa shape index (κ3) is 2.62. The summed E-state index contributed by atoms with van der Waals surface area (Å²) < 4.78 is 20.0. The molecule has 5 nitrogen and oxygen atoms in total. The van der Waals surface area contributed by atoms with Gasteiger partial charge < -0.3 is 15.0 Å². The zero-order valence-electron chi connectivity index (χ0n) is 10.8. The normalized spacial score (nSPS) is 10.1. The molecule has 0 aliphatic rings. The number of nitrogens with two attached hydrogens (primary N) is 1. The van der Waals surface area contributed by atoms with Gasteiger partial charge in [0.2, 0.25) is 0 Å². The van der Waals surface area contributed by atoms with Crippen LogP contribution in [0.1, 0.15) is 21.6 Å². The molecule has 0 unspecified atom stereocenters. The van der Waals surface area contributed by atoms with Crippen molar-refractivity contribution in [3.8, 4) is 6.07 Å². The number of carbonyl (C=O) groups is 1. The molecule has 102 valence electrons. The Labute approximate surface area is 115 Å². The monoisotopic (exact) mass is 273 g/mol. The third-order valence-electron chi connectivity index (χ3n) is 2.84. The lowest BCUT2D eigenvalue weighted by molar-refractivity contribution is 0.0589. The largest absolute Gasteiger partial charge is 0.464 e. The van der Waals surface area contributed by atoms with E-state index in [0.717, 1.165) is 6.07 Å². The van der Waals surface area contributed by atoms with Crippen LogP contribution in [0.15, 0.2) is 30.5 Å². The minimum Gasteiger partial charge on any atom is -0.464 e. The molecule has 0 aliphatic heterocycles. The number of rotatable bonds is 3. The summed E-state index contributed by atoms with van der Waals surface area (Å²) >= 11 is 0. The highest BCUT2D eigenvalue weighted by Crippen LogP contribution is 2.17. The van der Waals surface area contributed by atoms with Gasteiger partial charge in [-0.25, -0.2) is 9.18 Å². The van der Waals surface area contributed by atoms with E-state index in [4.69, 9.17) is 11.0 Å². The summed E-state index contributed by atoms with van der Waals surface area (Å²) in [5.41, 5.74) is 6.87. The van der Waals surface area contributed by atoms with Crippen molar-refractivity contribution >= 4 is 11.7 Å². The van der Waals surface area contributed by atoms with E-state index in [1.807, 2.05) is 6.07 Å². The Morgan fingerprint density at radius 3 is 2.85 bits per heavy atom. The second kappa shape index (κ2) is 5.45. The van der Waals surface area contributed by atoms with Crippen LogP contribution in [-0.2, 0) is 11.3 Å². The first-order valence-corrected chi connectivity index (χ1v) is 5.77. The molecule has 2 N–H and O–H groups in total. The highest BCUT2D eigenvalue weighted by Gasteiger charge is 2.14. The Balaban J connectivity index is 2.35. The average Bonchev–Trinajstić information content (AvgIpc) is 2.81. The Bertz CT molecular complexity index is 701. The van der Waals surface area contributed by atoms with Crippen molar-refractivity contribution in [3.63, 3.8) is 0 Å². The Hall–Kier alpha value is -2.81. The number of anilines is 1. The summed E-state index contributed by atoms with van der Waals surface area (Å²) in [6, 6.07) is 7.50. The Morgan fingerprint density at radius 1 is 1.50 bits per heavy atom. The topological polar surface area (TPSA) is 81.0 Å². The van der Waals surface area contributed by atoms with Gasteiger partial charge in [0.05, 0.1) is 31.0 Å². The lowest BCUT2D eigenvalue weighted by Crippen LogP contribution is -2.11. The maximum absolute atomic E-state index is 13.8. The molecule has 1 aromatic heterocycles. The summed E-state index contributed by atoms with van der Waals surface area (Å²) in [4.78, 5) is 11.6. The van der Waals surface area contributed by atoms with Gasteiger partial charge >= 0.3 is 5.97 Å². The molecule has 0 amide bonds. The minimum atomic E-state index is -0.546. The molecule has 0 atom stereocenters. The lowest BCUT2D eigenvalue weighted by atomic mass is 10.1. The van der Waals surface area contributed by atoms with E-state index in [9.17, 15) is 9.18 Å². The molecular formula is C14H12FN3O2. The summed E-state index contributed by atoms with van der Waals surface area (Å²) in [6.07, 6.45) is 1.53. The zero-order chi connectivity index (χ0) is 14.7. The fraction of sp³-hybridized carbons (Fsp3) is 0.143. The number of benzene rings is 1. The Morgan fingerprint density at radius 2 is 2.25 bits per heavy atom. The van der Waals surface area contributed by atoms with Crippen LogP contribution in [0.2, 0.25) is 0 Å². The van der Waals surface area contributed by atoms with Gasteiger partial charge in [0.25, 0.3) is 0 Å². The van der Waals surface area contributed by atoms with Crippen LogP contribution >= 0.6 is 0 Å². The highest BCUT2D eigenvalue weighted by atomic mass is 19.1. The number of ether oxygens (including phenoxy) is 1. The number of nitrogens with zero attached hydrogens (tertiary/aromatic N) is 2. The van der Waals surface area contributed by atoms with E-state index < -0.39 is 11.8 Å². The molecule has 0 spiro atoms.